The Kier molecular flexibility index (Phi) is 4.48. The Labute approximate surface area is 141 Å². The van der Waals surface area contributed by atoms with Crippen LogP contribution >= 0.6 is 11.6 Å². The Morgan fingerprint density at radius 1 is 1.17 bits per heavy atom. The molecule has 0 aliphatic heterocycles. The van der Waals surface area contributed by atoms with Gasteiger partial charge in [-0.1, -0.05) is 29.8 Å². The van der Waals surface area contributed by atoms with Gasteiger partial charge in [-0.15, -0.1) is 0 Å². The van der Waals surface area contributed by atoms with E-state index in [1.807, 2.05) is 0 Å². The third-order valence-electron chi connectivity index (χ3n) is 3.49. The van der Waals surface area contributed by atoms with Crippen molar-refractivity contribution in [3.05, 3.63) is 79.7 Å². The summed E-state index contributed by atoms with van der Waals surface area (Å²) in [5.74, 6) is 0.358. The van der Waals surface area contributed by atoms with Crippen molar-refractivity contribution in [3.8, 4) is 5.75 Å². The van der Waals surface area contributed by atoms with E-state index in [0.29, 0.717) is 33.7 Å². The number of nitro benzene ring substituents is 1. The molecule has 1 aromatic heterocycles. The fourth-order valence-corrected chi connectivity index (χ4v) is 2.58. The van der Waals surface area contributed by atoms with Gasteiger partial charge in [0.1, 0.15) is 11.3 Å². The zero-order valence-corrected chi connectivity index (χ0v) is 13.2. The Morgan fingerprint density at radius 2 is 1.96 bits per heavy atom. The molecule has 0 unspecified atom stereocenters. The highest BCUT2D eigenvalue weighted by molar-refractivity contribution is 6.32. The van der Waals surface area contributed by atoms with Crippen LogP contribution in [0.15, 0.2) is 57.7 Å². The molecular weight excluding hydrogens is 334 g/mol. The molecule has 0 spiro atoms. The third-order valence-corrected chi connectivity index (χ3v) is 3.79. The number of benzene rings is 2. The van der Waals surface area contributed by atoms with Gasteiger partial charge < -0.3 is 9.15 Å². The SMILES string of the molecule is O=c1ccc2cc(Cl)c(OCCc3ccccc3[N+](=O)[O-])cc2o1. The van der Waals surface area contributed by atoms with Gasteiger partial charge in [0.2, 0.25) is 0 Å². The number of ether oxygens (including phenoxy) is 1. The standard InChI is InChI=1S/C17H12ClNO5/c18-13-9-12-5-6-17(20)24-15(12)10-16(13)23-8-7-11-3-1-2-4-14(11)19(21)22/h1-6,9-10H,7-8H2. The summed E-state index contributed by atoms with van der Waals surface area (Å²) in [4.78, 5) is 21.8. The molecule has 0 radical (unpaired) electrons. The molecule has 0 saturated heterocycles. The summed E-state index contributed by atoms with van der Waals surface area (Å²) in [6, 6.07) is 12.6. The van der Waals surface area contributed by atoms with Crippen LogP contribution in [-0.4, -0.2) is 11.5 Å². The van der Waals surface area contributed by atoms with Crippen LogP contribution in [-0.2, 0) is 6.42 Å². The van der Waals surface area contributed by atoms with E-state index < -0.39 is 10.5 Å². The van der Waals surface area contributed by atoms with E-state index in [9.17, 15) is 14.9 Å². The third kappa shape index (κ3) is 3.38. The molecule has 0 aliphatic rings. The second kappa shape index (κ2) is 6.72. The quantitative estimate of drug-likeness (QED) is 0.397. The van der Waals surface area contributed by atoms with Gasteiger partial charge in [-0.3, -0.25) is 10.1 Å². The number of hydrogen-bond donors (Lipinski definition) is 0. The van der Waals surface area contributed by atoms with E-state index in [-0.39, 0.29) is 12.3 Å². The van der Waals surface area contributed by atoms with Crippen LogP contribution in [0.25, 0.3) is 11.0 Å². The summed E-state index contributed by atoms with van der Waals surface area (Å²) >= 11 is 6.15. The largest absolute Gasteiger partial charge is 0.492 e. The first-order chi connectivity index (χ1) is 11.5. The minimum atomic E-state index is -0.462. The maximum atomic E-state index is 11.3. The molecule has 24 heavy (non-hydrogen) atoms. The molecule has 7 heteroatoms. The summed E-state index contributed by atoms with van der Waals surface area (Å²) < 4.78 is 10.7. The summed E-state index contributed by atoms with van der Waals surface area (Å²) in [5.41, 5.74) is 0.533. The molecular formula is C17H12ClNO5. The predicted molar refractivity (Wildman–Crippen MR) is 89.8 cm³/mol. The van der Waals surface area contributed by atoms with Crippen molar-refractivity contribution >= 4 is 28.3 Å². The molecule has 0 fully saturated rings. The maximum Gasteiger partial charge on any atom is 0.336 e. The Hall–Kier alpha value is -2.86. The maximum absolute atomic E-state index is 11.3. The smallest absolute Gasteiger partial charge is 0.336 e. The molecule has 0 atom stereocenters. The lowest BCUT2D eigenvalue weighted by Crippen LogP contribution is -2.04. The minimum Gasteiger partial charge on any atom is -0.492 e. The van der Waals surface area contributed by atoms with Crippen LogP contribution in [0.4, 0.5) is 5.69 Å². The first-order valence-electron chi connectivity index (χ1n) is 7.13. The molecule has 6 nitrogen and oxygen atoms in total. The molecule has 0 bridgehead atoms. The van der Waals surface area contributed by atoms with Gasteiger partial charge in [0.15, 0.2) is 0 Å². The topological polar surface area (TPSA) is 82.6 Å². The minimum absolute atomic E-state index is 0.0525. The van der Waals surface area contributed by atoms with Crippen molar-refractivity contribution < 1.29 is 14.1 Å². The monoisotopic (exact) mass is 345 g/mol. The van der Waals surface area contributed by atoms with Crippen LogP contribution in [0.1, 0.15) is 5.56 Å². The number of halogens is 1. The van der Waals surface area contributed by atoms with E-state index >= 15 is 0 Å². The fourth-order valence-electron chi connectivity index (χ4n) is 2.35. The summed E-state index contributed by atoms with van der Waals surface area (Å²) in [6.07, 6.45) is 0.351. The molecule has 0 saturated carbocycles. The lowest BCUT2D eigenvalue weighted by molar-refractivity contribution is -0.385. The average molecular weight is 346 g/mol. The molecule has 3 aromatic rings. The van der Waals surface area contributed by atoms with E-state index in [1.165, 1.54) is 12.1 Å². The van der Waals surface area contributed by atoms with E-state index in [2.05, 4.69) is 0 Å². The molecule has 3 rings (SSSR count). The van der Waals surface area contributed by atoms with Crippen molar-refractivity contribution in [2.45, 2.75) is 6.42 Å². The van der Waals surface area contributed by atoms with Crippen LogP contribution in [0.5, 0.6) is 5.75 Å². The fraction of sp³-hybridized carbons (Fsp3) is 0.118. The molecule has 0 aliphatic carbocycles. The van der Waals surface area contributed by atoms with Crippen molar-refractivity contribution in [2.24, 2.45) is 0 Å². The summed E-state index contributed by atoms with van der Waals surface area (Å²) in [7, 11) is 0. The Morgan fingerprint density at radius 3 is 2.75 bits per heavy atom. The molecule has 0 N–H and O–H groups in total. The van der Waals surface area contributed by atoms with Crippen LogP contribution < -0.4 is 10.4 Å². The molecule has 2 aromatic carbocycles. The number of para-hydroxylation sites is 1. The zero-order chi connectivity index (χ0) is 17.1. The Bertz CT molecular complexity index is 967. The highest BCUT2D eigenvalue weighted by Crippen LogP contribution is 2.30. The van der Waals surface area contributed by atoms with E-state index in [4.69, 9.17) is 20.8 Å². The number of hydrogen-bond acceptors (Lipinski definition) is 5. The highest BCUT2D eigenvalue weighted by Gasteiger charge is 2.13. The first kappa shape index (κ1) is 16.0. The van der Waals surface area contributed by atoms with Crippen molar-refractivity contribution in [1.29, 1.82) is 0 Å². The van der Waals surface area contributed by atoms with Gasteiger partial charge in [-0.05, 0) is 12.1 Å². The lowest BCUT2D eigenvalue weighted by Gasteiger charge is -2.09. The predicted octanol–water partition coefficient (Wildman–Crippen LogP) is 3.98. The first-order valence-corrected chi connectivity index (χ1v) is 7.51. The molecule has 0 amide bonds. The average Bonchev–Trinajstić information content (AvgIpc) is 2.56. The molecule has 1 heterocycles. The lowest BCUT2D eigenvalue weighted by atomic mass is 10.1. The zero-order valence-electron chi connectivity index (χ0n) is 12.4. The second-order valence-corrected chi connectivity index (χ2v) is 5.47. The summed E-state index contributed by atoms with van der Waals surface area (Å²) in [5, 5.41) is 12.0. The van der Waals surface area contributed by atoms with Gasteiger partial charge >= 0.3 is 5.63 Å². The number of nitro groups is 1. The van der Waals surface area contributed by atoms with Crippen LogP contribution in [0.3, 0.4) is 0 Å². The van der Waals surface area contributed by atoms with Crippen molar-refractivity contribution in [3.63, 3.8) is 0 Å². The van der Waals surface area contributed by atoms with Gasteiger partial charge in [-0.25, -0.2) is 4.79 Å². The highest BCUT2D eigenvalue weighted by atomic mass is 35.5. The number of rotatable bonds is 5. The van der Waals surface area contributed by atoms with Gasteiger partial charge in [0.05, 0.1) is 16.6 Å². The normalized spacial score (nSPS) is 10.7. The van der Waals surface area contributed by atoms with Gasteiger partial charge in [0, 0.05) is 35.6 Å². The molecule has 122 valence electrons. The van der Waals surface area contributed by atoms with Crippen LogP contribution in [0, 0.1) is 10.1 Å². The van der Waals surface area contributed by atoms with Crippen LogP contribution in [0.2, 0.25) is 5.02 Å². The van der Waals surface area contributed by atoms with Crippen molar-refractivity contribution in [2.75, 3.05) is 6.61 Å². The number of fused-ring (bicyclic) bond motifs is 1. The van der Waals surface area contributed by atoms with E-state index in [1.54, 1.807) is 36.4 Å². The van der Waals surface area contributed by atoms with Gasteiger partial charge in [-0.2, -0.15) is 0 Å². The summed E-state index contributed by atoms with van der Waals surface area (Å²) in [6.45, 7) is 0.202. The Balaban J connectivity index is 1.78. The van der Waals surface area contributed by atoms with E-state index in [0.717, 1.165) is 0 Å². The number of nitrogens with zero attached hydrogens (tertiary/aromatic N) is 1. The van der Waals surface area contributed by atoms with Crippen molar-refractivity contribution in [1.82, 2.24) is 0 Å². The second-order valence-electron chi connectivity index (χ2n) is 5.06. The van der Waals surface area contributed by atoms with Gasteiger partial charge in [0.25, 0.3) is 5.69 Å².